The van der Waals surface area contributed by atoms with Gasteiger partial charge in [0.05, 0.1) is 0 Å². The molecule has 0 aromatic heterocycles. The number of hydrogen-bond donors (Lipinski definition) is 2. The fraction of sp³-hybridized carbons (Fsp3) is 0.364. The van der Waals surface area contributed by atoms with E-state index in [1.165, 1.54) is 0 Å². The second-order valence-electron chi connectivity index (χ2n) is 2.57. The monoisotopic (exact) mass is 195 g/mol. The summed E-state index contributed by atoms with van der Waals surface area (Å²) in [5, 5.41) is 11.0. The molecule has 3 nitrogen and oxygen atoms in total. The normalized spacial score (nSPS) is 8.57. The minimum atomic E-state index is -0.478. The van der Waals surface area contributed by atoms with Crippen LogP contribution < -0.4 is 5.32 Å². The molecule has 0 saturated carbocycles. The van der Waals surface area contributed by atoms with Crippen LogP contribution in [-0.4, -0.2) is 17.6 Å². The Balaban J connectivity index is 0.000000791. The number of aliphatic hydroxyl groups is 1. The lowest BCUT2D eigenvalue weighted by molar-refractivity contribution is -0.118. The van der Waals surface area contributed by atoms with E-state index in [1.54, 1.807) is 12.1 Å². The number of anilines is 1. The first kappa shape index (κ1) is 12.7. The zero-order chi connectivity index (χ0) is 11.0. The summed E-state index contributed by atoms with van der Waals surface area (Å²) < 4.78 is 0. The summed E-state index contributed by atoms with van der Waals surface area (Å²) in [5.74, 6) is -0.390. The quantitative estimate of drug-likeness (QED) is 0.757. The average Bonchev–Trinajstić information content (AvgIpc) is 2.24. The zero-order valence-corrected chi connectivity index (χ0v) is 8.87. The predicted octanol–water partition coefficient (Wildman–Crippen LogP) is 1.95. The maximum Gasteiger partial charge on any atom is 0.250 e. The third-order valence-electron chi connectivity index (χ3n) is 1.48. The Hall–Kier alpha value is -1.35. The molecule has 0 aliphatic heterocycles. The molecule has 0 fully saturated rings. The van der Waals surface area contributed by atoms with Gasteiger partial charge >= 0.3 is 0 Å². The average molecular weight is 195 g/mol. The van der Waals surface area contributed by atoms with Crippen molar-refractivity contribution in [1.82, 2.24) is 0 Å². The predicted molar refractivity (Wildman–Crippen MR) is 58.2 cm³/mol. The number of amides is 1. The first-order valence-corrected chi connectivity index (χ1v) is 4.70. The van der Waals surface area contributed by atoms with Crippen molar-refractivity contribution in [3.05, 3.63) is 29.8 Å². The Labute approximate surface area is 84.8 Å². The molecule has 1 amide bonds. The number of carbonyl (C=O) groups is 1. The number of hydrogen-bond acceptors (Lipinski definition) is 2. The van der Waals surface area contributed by atoms with E-state index in [-0.39, 0.29) is 5.91 Å². The van der Waals surface area contributed by atoms with Gasteiger partial charge in [-0.3, -0.25) is 4.79 Å². The molecule has 0 heterocycles. The van der Waals surface area contributed by atoms with Gasteiger partial charge in [0.25, 0.3) is 0 Å². The van der Waals surface area contributed by atoms with E-state index in [4.69, 9.17) is 5.11 Å². The van der Waals surface area contributed by atoms with E-state index in [2.05, 4.69) is 5.32 Å². The second-order valence-corrected chi connectivity index (χ2v) is 2.57. The number of benzene rings is 1. The van der Waals surface area contributed by atoms with Gasteiger partial charge in [-0.1, -0.05) is 31.5 Å². The minimum absolute atomic E-state index is 0.390. The van der Waals surface area contributed by atoms with Gasteiger partial charge in [0.2, 0.25) is 5.91 Å². The second kappa shape index (κ2) is 7.09. The highest BCUT2D eigenvalue weighted by atomic mass is 16.3. The van der Waals surface area contributed by atoms with Crippen LogP contribution in [0.2, 0.25) is 0 Å². The fourth-order valence-electron chi connectivity index (χ4n) is 0.837. The number of rotatable bonds is 2. The molecule has 0 spiro atoms. The largest absolute Gasteiger partial charge is 0.387 e. The lowest BCUT2D eigenvalue weighted by atomic mass is 10.2. The van der Waals surface area contributed by atoms with Crippen molar-refractivity contribution in [3.8, 4) is 0 Å². The van der Waals surface area contributed by atoms with Crippen LogP contribution in [0.15, 0.2) is 24.3 Å². The van der Waals surface area contributed by atoms with Gasteiger partial charge < -0.3 is 10.4 Å². The molecule has 14 heavy (non-hydrogen) atoms. The maximum atomic E-state index is 10.7. The zero-order valence-electron chi connectivity index (χ0n) is 8.87. The Morgan fingerprint density at radius 2 is 1.79 bits per heavy atom. The van der Waals surface area contributed by atoms with E-state index >= 15 is 0 Å². The molecule has 78 valence electrons. The van der Waals surface area contributed by atoms with Gasteiger partial charge in [0, 0.05) is 5.69 Å². The van der Waals surface area contributed by atoms with Crippen LogP contribution in [0.4, 0.5) is 5.69 Å². The van der Waals surface area contributed by atoms with Gasteiger partial charge in [-0.05, 0) is 19.1 Å². The van der Waals surface area contributed by atoms with Gasteiger partial charge in [0.1, 0.15) is 6.61 Å². The summed E-state index contributed by atoms with van der Waals surface area (Å²) in [7, 11) is 0. The van der Waals surface area contributed by atoms with Crippen molar-refractivity contribution >= 4 is 11.6 Å². The molecule has 1 aromatic carbocycles. The highest BCUT2D eigenvalue weighted by Crippen LogP contribution is 2.07. The van der Waals surface area contributed by atoms with E-state index < -0.39 is 6.61 Å². The van der Waals surface area contributed by atoms with Crippen LogP contribution in [0.1, 0.15) is 19.4 Å². The first-order chi connectivity index (χ1) is 6.72. The minimum Gasteiger partial charge on any atom is -0.387 e. The van der Waals surface area contributed by atoms with Crippen LogP contribution in [-0.2, 0) is 4.79 Å². The van der Waals surface area contributed by atoms with Crippen molar-refractivity contribution in [2.24, 2.45) is 0 Å². The summed E-state index contributed by atoms with van der Waals surface area (Å²) >= 11 is 0. The van der Waals surface area contributed by atoms with Crippen LogP contribution in [0.3, 0.4) is 0 Å². The Bertz CT molecular complexity index is 267. The first-order valence-electron chi connectivity index (χ1n) is 4.70. The molecule has 0 saturated heterocycles. The van der Waals surface area contributed by atoms with Crippen molar-refractivity contribution in [3.63, 3.8) is 0 Å². The molecule has 0 bridgehead atoms. The van der Waals surface area contributed by atoms with Crippen molar-refractivity contribution in [1.29, 1.82) is 0 Å². The molecule has 0 aliphatic carbocycles. The van der Waals surface area contributed by atoms with Crippen molar-refractivity contribution in [2.75, 3.05) is 11.9 Å². The number of nitrogens with one attached hydrogen (secondary N) is 1. The summed E-state index contributed by atoms with van der Waals surface area (Å²) in [6.45, 7) is 5.49. The van der Waals surface area contributed by atoms with Gasteiger partial charge in [-0.2, -0.15) is 0 Å². The highest BCUT2D eigenvalue weighted by molar-refractivity contribution is 5.91. The van der Waals surface area contributed by atoms with E-state index in [9.17, 15) is 4.79 Å². The standard InChI is InChI=1S/C9H11NO2.C2H6/c1-7-2-4-8(5-3-7)10-9(12)6-11;1-2/h2-5,11H,6H2,1H3,(H,10,12);1-2H3. The number of carbonyl (C=O) groups excluding carboxylic acids is 1. The molecule has 1 aromatic rings. The van der Waals surface area contributed by atoms with Crippen LogP contribution >= 0.6 is 0 Å². The lowest BCUT2D eigenvalue weighted by Gasteiger charge is -2.02. The maximum absolute atomic E-state index is 10.7. The van der Waals surface area contributed by atoms with Crippen LogP contribution in [0, 0.1) is 6.92 Å². The molecular weight excluding hydrogens is 178 g/mol. The summed E-state index contributed by atoms with van der Waals surface area (Å²) in [5.41, 5.74) is 1.84. The fourth-order valence-corrected chi connectivity index (χ4v) is 0.837. The van der Waals surface area contributed by atoms with Crippen molar-refractivity contribution < 1.29 is 9.90 Å². The Kier molecular flexibility index (Phi) is 6.41. The Morgan fingerprint density at radius 3 is 2.21 bits per heavy atom. The van der Waals surface area contributed by atoms with Gasteiger partial charge in [-0.15, -0.1) is 0 Å². The van der Waals surface area contributed by atoms with E-state index in [1.807, 2.05) is 32.9 Å². The number of aryl methyl sites for hydroxylation is 1. The van der Waals surface area contributed by atoms with E-state index in [0.29, 0.717) is 5.69 Å². The molecule has 1 rings (SSSR count). The summed E-state index contributed by atoms with van der Waals surface area (Å²) in [6.07, 6.45) is 0. The summed E-state index contributed by atoms with van der Waals surface area (Å²) in [4.78, 5) is 10.7. The van der Waals surface area contributed by atoms with Gasteiger partial charge in [0.15, 0.2) is 0 Å². The van der Waals surface area contributed by atoms with Crippen molar-refractivity contribution in [2.45, 2.75) is 20.8 Å². The van der Waals surface area contributed by atoms with Crippen LogP contribution in [0.5, 0.6) is 0 Å². The molecule has 0 atom stereocenters. The molecule has 3 heteroatoms. The third kappa shape index (κ3) is 4.62. The topological polar surface area (TPSA) is 49.3 Å². The van der Waals surface area contributed by atoms with Crippen LogP contribution in [0.25, 0.3) is 0 Å². The molecule has 0 unspecified atom stereocenters. The molecular formula is C11H17NO2. The highest BCUT2D eigenvalue weighted by Gasteiger charge is 1.97. The number of aliphatic hydroxyl groups excluding tert-OH is 1. The molecule has 0 radical (unpaired) electrons. The smallest absolute Gasteiger partial charge is 0.250 e. The third-order valence-corrected chi connectivity index (χ3v) is 1.48. The molecule has 0 aliphatic rings. The SMILES string of the molecule is CC.Cc1ccc(NC(=O)CO)cc1. The summed E-state index contributed by atoms with van der Waals surface area (Å²) in [6, 6.07) is 7.38. The van der Waals surface area contributed by atoms with E-state index in [0.717, 1.165) is 5.56 Å². The lowest BCUT2D eigenvalue weighted by Crippen LogP contribution is -2.15. The van der Waals surface area contributed by atoms with Gasteiger partial charge in [-0.25, -0.2) is 0 Å². The molecule has 2 N–H and O–H groups in total. The Morgan fingerprint density at radius 1 is 1.29 bits per heavy atom.